The van der Waals surface area contributed by atoms with Gasteiger partial charge in [-0.1, -0.05) is 12.1 Å². The molecule has 1 aliphatic heterocycles. The van der Waals surface area contributed by atoms with Crippen molar-refractivity contribution < 1.29 is 22.7 Å². The van der Waals surface area contributed by atoms with Crippen molar-refractivity contribution in [2.45, 2.75) is 44.2 Å². The molecule has 1 N–H and O–H groups in total. The minimum Gasteiger partial charge on any atom is -0.497 e. The van der Waals surface area contributed by atoms with Gasteiger partial charge in [-0.05, 0) is 54.8 Å². The first-order valence-electron chi connectivity index (χ1n) is 9.76. The fraction of sp³-hybridized carbons (Fsp3) is 0.364. The van der Waals surface area contributed by atoms with Gasteiger partial charge in [0.2, 0.25) is 11.8 Å². The van der Waals surface area contributed by atoms with Crippen molar-refractivity contribution in [3.63, 3.8) is 0 Å². The second-order valence-corrected chi connectivity index (χ2v) is 9.54. The Kier molecular flexibility index (Phi) is 6.45. The summed E-state index contributed by atoms with van der Waals surface area (Å²) < 4.78 is 30.6. The summed E-state index contributed by atoms with van der Waals surface area (Å²) in [4.78, 5) is 25.8. The molecule has 0 saturated heterocycles. The van der Waals surface area contributed by atoms with Crippen LogP contribution in [0.1, 0.15) is 31.4 Å². The van der Waals surface area contributed by atoms with Crippen LogP contribution in [0.4, 0.5) is 5.69 Å². The number of benzene rings is 2. The molecule has 3 rings (SSSR count). The number of anilines is 1. The van der Waals surface area contributed by atoms with Crippen molar-refractivity contribution >= 4 is 27.3 Å². The average Bonchev–Trinajstić information content (AvgIpc) is 3.06. The van der Waals surface area contributed by atoms with Crippen molar-refractivity contribution in [1.82, 2.24) is 5.32 Å². The van der Waals surface area contributed by atoms with Crippen LogP contribution >= 0.6 is 0 Å². The lowest BCUT2D eigenvalue weighted by Crippen LogP contribution is -2.33. The van der Waals surface area contributed by atoms with Gasteiger partial charge in [-0.25, -0.2) is 8.42 Å². The molecule has 0 bridgehead atoms. The van der Waals surface area contributed by atoms with Crippen molar-refractivity contribution in [3.05, 3.63) is 53.6 Å². The molecule has 8 heteroatoms. The summed E-state index contributed by atoms with van der Waals surface area (Å²) in [6.45, 7) is 3.73. The summed E-state index contributed by atoms with van der Waals surface area (Å²) >= 11 is 0. The Morgan fingerprint density at radius 1 is 1.20 bits per heavy atom. The highest BCUT2D eigenvalue weighted by atomic mass is 32.2. The predicted molar refractivity (Wildman–Crippen MR) is 114 cm³/mol. The topological polar surface area (TPSA) is 92.8 Å². The van der Waals surface area contributed by atoms with Gasteiger partial charge in [0.25, 0.3) is 0 Å². The summed E-state index contributed by atoms with van der Waals surface area (Å²) in [7, 11) is -2.04. The first kappa shape index (κ1) is 21.8. The largest absolute Gasteiger partial charge is 0.497 e. The monoisotopic (exact) mass is 430 g/mol. The molecule has 0 aliphatic carbocycles. The van der Waals surface area contributed by atoms with Crippen LogP contribution in [0, 0.1) is 0 Å². The quantitative estimate of drug-likeness (QED) is 0.729. The van der Waals surface area contributed by atoms with Crippen molar-refractivity contribution in [1.29, 1.82) is 0 Å². The van der Waals surface area contributed by atoms with Gasteiger partial charge in [-0.3, -0.25) is 9.59 Å². The lowest BCUT2D eigenvalue weighted by molar-refractivity contribution is -0.121. The zero-order valence-corrected chi connectivity index (χ0v) is 18.2. The molecule has 0 aromatic heterocycles. The minimum absolute atomic E-state index is 0.00200. The number of ether oxygens (including phenoxy) is 1. The Morgan fingerprint density at radius 3 is 2.67 bits per heavy atom. The third kappa shape index (κ3) is 4.81. The van der Waals surface area contributed by atoms with Crippen LogP contribution in [0.2, 0.25) is 0 Å². The Bertz CT molecular complexity index is 1060. The number of fused-ring (bicyclic) bond motifs is 1. The van der Waals surface area contributed by atoms with E-state index in [1.54, 1.807) is 24.1 Å². The fourth-order valence-electron chi connectivity index (χ4n) is 3.70. The van der Waals surface area contributed by atoms with E-state index in [1.807, 2.05) is 31.2 Å². The average molecular weight is 431 g/mol. The van der Waals surface area contributed by atoms with Crippen LogP contribution in [-0.4, -0.2) is 39.1 Å². The lowest BCUT2D eigenvalue weighted by atomic mass is 10.1. The second-order valence-electron chi connectivity index (χ2n) is 7.43. The number of methoxy groups -OCH3 is 1. The number of amides is 2. The van der Waals surface area contributed by atoms with Gasteiger partial charge in [-0.15, -0.1) is 0 Å². The number of nitrogens with one attached hydrogen (secondary N) is 1. The third-order valence-electron chi connectivity index (χ3n) is 5.19. The smallest absolute Gasteiger partial charge is 0.224 e. The highest BCUT2D eigenvalue weighted by molar-refractivity contribution is 7.91. The lowest BCUT2D eigenvalue weighted by Gasteiger charge is -2.20. The summed E-state index contributed by atoms with van der Waals surface area (Å²) in [6.07, 6.45) is 0.485. The second kappa shape index (κ2) is 8.87. The number of hydrogen-bond acceptors (Lipinski definition) is 5. The molecule has 0 radical (unpaired) electrons. The summed E-state index contributed by atoms with van der Waals surface area (Å²) in [5.74, 6) is 0.0175. The number of rotatable bonds is 7. The van der Waals surface area contributed by atoms with Crippen LogP contribution in [-0.2, 0) is 32.4 Å². The van der Waals surface area contributed by atoms with E-state index < -0.39 is 9.84 Å². The van der Waals surface area contributed by atoms with Gasteiger partial charge in [-0.2, -0.15) is 0 Å². The normalized spacial score (nSPS) is 15.6. The van der Waals surface area contributed by atoms with Crippen molar-refractivity contribution in [2.75, 3.05) is 17.8 Å². The molecule has 2 amide bonds. The maximum Gasteiger partial charge on any atom is 0.224 e. The van der Waals surface area contributed by atoms with Crippen LogP contribution in [0.5, 0.6) is 5.75 Å². The Balaban J connectivity index is 1.61. The number of nitrogens with zero attached hydrogens (tertiary/aromatic N) is 1. The van der Waals surface area contributed by atoms with Crippen LogP contribution in [0.3, 0.4) is 0 Å². The molecule has 0 saturated carbocycles. The fourth-order valence-corrected chi connectivity index (χ4v) is 4.98. The number of carbonyl (C=O) groups is 2. The van der Waals surface area contributed by atoms with Crippen molar-refractivity contribution in [3.8, 4) is 5.75 Å². The van der Waals surface area contributed by atoms with Crippen molar-refractivity contribution in [2.24, 2.45) is 0 Å². The molecule has 1 heterocycles. The van der Waals surface area contributed by atoms with Crippen LogP contribution in [0.15, 0.2) is 47.4 Å². The molecule has 30 heavy (non-hydrogen) atoms. The van der Waals surface area contributed by atoms with E-state index >= 15 is 0 Å². The first-order chi connectivity index (χ1) is 14.2. The highest BCUT2D eigenvalue weighted by Crippen LogP contribution is 2.34. The standard InChI is InChI=1S/C22H26N2O5S/c1-15-11-18-13-20(7-8-21(18)24(15)16(2)25)30(27,28)10-9-22(26)23-14-17-5-4-6-19(12-17)29-3/h4-8,12-13,15H,9-11,14H2,1-3H3,(H,23,26). The van der Waals surface area contributed by atoms with Crippen LogP contribution < -0.4 is 15.0 Å². The van der Waals surface area contributed by atoms with Gasteiger partial charge < -0.3 is 15.0 Å². The third-order valence-corrected chi connectivity index (χ3v) is 6.90. The van der Waals surface area contributed by atoms with Crippen LogP contribution in [0.25, 0.3) is 0 Å². The molecule has 2 aromatic carbocycles. The molecule has 7 nitrogen and oxygen atoms in total. The Hall–Kier alpha value is -2.87. The molecule has 1 aliphatic rings. The van der Waals surface area contributed by atoms with Gasteiger partial charge >= 0.3 is 0 Å². The highest BCUT2D eigenvalue weighted by Gasteiger charge is 2.30. The predicted octanol–water partition coefficient (Wildman–Crippen LogP) is 2.47. The van der Waals surface area contributed by atoms with E-state index in [-0.39, 0.29) is 34.9 Å². The van der Waals surface area contributed by atoms with E-state index in [2.05, 4.69) is 5.32 Å². The zero-order valence-electron chi connectivity index (χ0n) is 17.3. The number of hydrogen-bond donors (Lipinski definition) is 1. The van der Waals surface area contributed by atoms with E-state index in [4.69, 9.17) is 4.74 Å². The van der Waals surface area contributed by atoms with E-state index in [1.165, 1.54) is 13.0 Å². The maximum absolute atomic E-state index is 12.7. The zero-order chi connectivity index (χ0) is 21.9. The number of carbonyl (C=O) groups excluding carboxylic acids is 2. The Morgan fingerprint density at radius 2 is 1.97 bits per heavy atom. The van der Waals surface area contributed by atoms with Gasteiger partial charge in [0.05, 0.1) is 17.8 Å². The molecule has 1 unspecified atom stereocenters. The van der Waals surface area contributed by atoms with Gasteiger partial charge in [0.15, 0.2) is 9.84 Å². The molecule has 0 fully saturated rings. The van der Waals surface area contributed by atoms with Gasteiger partial charge in [0, 0.05) is 31.6 Å². The summed E-state index contributed by atoms with van der Waals surface area (Å²) in [5.41, 5.74) is 2.46. The molecule has 2 aromatic rings. The molecule has 160 valence electrons. The molecule has 1 atom stereocenters. The summed E-state index contributed by atoms with van der Waals surface area (Å²) in [5, 5.41) is 2.74. The van der Waals surface area contributed by atoms with Gasteiger partial charge in [0.1, 0.15) is 5.75 Å². The maximum atomic E-state index is 12.7. The van der Waals surface area contributed by atoms with E-state index in [0.717, 1.165) is 16.8 Å². The molecule has 0 spiro atoms. The first-order valence-corrected chi connectivity index (χ1v) is 11.4. The minimum atomic E-state index is -3.61. The molecular formula is C22H26N2O5S. The SMILES string of the molecule is COc1cccc(CNC(=O)CCS(=O)(=O)c2ccc3c(c2)CC(C)N3C(C)=O)c1. The molecular weight excluding hydrogens is 404 g/mol. The Labute approximate surface area is 177 Å². The number of sulfone groups is 1. The van der Waals surface area contributed by atoms with E-state index in [0.29, 0.717) is 18.7 Å². The summed E-state index contributed by atoms with van der Waals surface area (Å²) in [6, 6.07) is 12.1. The van der Waals surface area contributed by atoms with E-state index in [9.17, 15) is 18.0 Å².